The van der Waals surface area contributed by atoms with Crippen LogP contribution in [0, 0.1) is 18.6 Å². The van der Waals surface area contributed by atoms with Crippen LogP contribution in [0.5, 0.6) is 0 Å². The lowest BCUT2D eigenvalue weighted by Gasteiger charge is -2.36. The lowest BCUT2D eigenvalue weighted by Crippen LogP contribution is -2.48. The van der Waals surface area contributed by atoms with E-state index in [0.29, 0.717) is 48.3 Å². The zero-order valence-corrected chi connectivity index (χ0v) is 19.1. The number of likely N-dealkylation sites (tertiary alicyclic amines) is 1. The fraction of sp³-hybridized carbons (Fsp3) is 0.269. The molecular weight excluding hydrogens is 438 g/mol. The first-order valence-electron chi connectivity index (χ1n) is 11.1. The Hall–Kier alpha value is -3.81. The molecule has 0 radical (unpaired) electrons. The van der Waals surface area contributed by atoms with Gasteiger partial charge < -0.3 is 15.1 Å². The molecular formula is C26H26F2N4O2. The first-order chi connectivity index (χ1) is 16.3. The summed E-state index contributed by atoms with van der Waals surface area (Å²) in [6.45, 7) is 3.03. The molecule has 1 aromatic heterocycles. The smallest absolute Gasteiger partial charge is 0.321 e. The number of benzene rings is 2. The van der Waals surface area contributed by atoms with Crippen LogP contribution in [0.15, 0.2) is 60.9 Å². The molecule has 34 heavy (non-hydrogen) atoms. The van der Waals surface area contributed by atoms with Gasteiger partial charge in [-0.1, -0.05) is 12.1 Å². The van der Waals surface area contributed by atoms with Crippen molar-refractivity contribution < 1.29 is 18.4 Å². The summed E-state index contributed by atoms with van der Waals surface area (Å²) in [7, 11) is 1.74. The summed E-state index contributed by atoms with van der Waals surface area (Å²) in [4.78, 5) is 33.0. The molecule has 4 rings (SSSR count). The minimum absolute atomic E-state index is 0.00854. The summed E-state index contributed by atoms with van der Waals surface area (Å²) in [5.41, 5.74) is 3.17. The number of aryl methyl sites for hydroxylation is 1. The second kappa shape index (κ2) is 9.99. The molecule has 0 unspecified atom stereocenters. The molecule has 176 valence electrons. The number of anilines is 1. The van der Waals surface area contributed by atoms with Gasteiger partial charge in [-0.3, -0.25) is 9.78 Å². The number of piperidine rings is 1. The number of carbonyl (C=O) groups excluding carboxylic acids is 2. The van der Waals surface area contributed by atoms with Crippen molar-refractivity contribution >= 4 is 17.6 Å². The third-order valence-corrected chi connectivity index (χ3v) is 6.07. The molecule has 1 saturated heterocycles. The Morgan fingerprint density at radius 3 is 2.24 bits per heavy atom. The van der Waals surface area contributed by atoms with Gasteiger partial charge in [0, 0.05) is 50.3 Å². The molecule has 2 heterocycles. The highest BCUT2D eigenvalue weighted by Crippen LogP contribution is 2.24. The van der Waals surface area contributed by atoms with Crippen LogP contribution in [0.1, 0.15) is 28.8 Å². The average molecular weight is 465 g/mol. The number of amides is 3. The van der Waals surface area contributed by atoms with E-state index in [9.17, 15) is 18.4 Å². The summed E-state index contributed by atoms with van der Waals surface area (Å²) < 4.78 is 26.9. The Bertz CT molecular complexity index is 1170. The number of nitrogens with one attached hydrogen (secondary N) is 1. The normalized spacial score (nSPS) is 14.1. The third-order valence-electron chi connectivity index (χ3n) is 6.07. The maximum atomic E-state index is 13.5. The lowest BCUT2D eigenvalue weighted by atomic mass is 10.0. The molecule has 2 aromatic carbocycles. The van der Waals surface area contributed by atoms with Crippen molar-refractivity contribution in [3.8, 4) is 11.1 Å². The highest BCUT2D eigenvalue weighted by molar-refractivity contribution is 5.94. The number of aromatic nitrogens is 1. The van der Waals surface area contributed by atoms with Crippen molar-refractivity contribution in [1.82, 2.24) is 14.8 Å². The molecule has 3 aromatic rings. The largest absolute Gasteiger partial charge is 0.338 e. The maximum Gasteiger partial charge on any atom is 0.321 e. The van der Waals surface area contributed by atoms with E-state index in [4.69, 9.17) is 0 Å². The highest BCUT2D eigenvalue weighted by Gasteiger charge is 2.28. The van der Waals surface area contributed by atoms with Gasteiger partial charge in [0.15, 0.2) is 0 Å². The monoisotopic (exact) mass is 464 g/mol. The summed E-state index contributed by atoms with van der Waals surface area (Å²) in [5.74, 6) is -1.32. The van der Waals surface area contributed by atoms with Gasteiger partial charge in [-0.2, -0.15) is 0 Å². The SMILES string of the molecule is Cc1cncc(C(=O)N2CCC(N(C)C(=O)Nc3ccc(-c4cc(F)cc(F)c4)cc3)CC2)c1. The molecule has 1 aliphatic heterocycles. The van der Waals surface area contributed by atoms with Gasteiger partial charge in [0.05, 0.1) is 5.56 Å². The van der Waals surface area contributed by atoms with Gasteiger partial charge >= 0.3 is 6.03 Å². The summed E-state index contributed by atoms with van der Waals surface area (Å²) in [6, 6.07) is 11.7. The van der Waals surface area contributed by atoms with E-state index in [2.05, 4.69) is 10.3 Å². The Balaban J connectivity index is 1.32. The average Bonchev–Trinajstić information content (AvgIpc) is 2.83. The first-order valence-corrected chi connectivity index (χ1v) is 11.1. The fourth-order valence-electron chi connectivity index (χ4n) is 4.15. The molecule has 0 bridgehead atoms. The first kappa shape index (κ1) is 23.4. The molecule has 0 saturated carbocycles. The number of rotatable bonds is 4. The maximum absolute atomic E-state index is 13.5. The Morgan fingerprint density at radius 1 is 0.971 bits per heavy atom. The topological polar surface area (TPSA) is 65.5 Å². The van der Waals surface area contributed by atoms with Crippen molar-refractivity contribution in [2.24, 2.45) is 0 Å². The van der Waals surface area contributed by atoms with Gasteiger partial charge in [0.1, 0.15) is 11.6 Å². The van der Waals surface area contributed by atoms with Crippen molar-refractivity contribution in [3.05, 3.63) is 83.7 Å². The van der Waals surface area contributed by atoms with E-state index in [1.165, 1.54) is 12.1 Å². The summed E-state index contributed by atoms with van der Waals surface area (Å²) in [6.07, 6.45) is 4.65. The predicted molar refractivity (Wildman–Crippen MR) is 126 cm³/mol. The Morgan fingerprint density at radius 2 is 1.62 bits per heavy atom. The molecule has 0 atom stereocenters. The van der Waals surface area contributed by atoms with Crippen LogP contribution in [0.2, 0.25) is 0 Å². The second-order valence-electron chi connectivity index (χ2n) is 8.55. The van der Waals surface area contributed by atoms with Crippen LogP contribution in [0.25, 0.3) is 11.1 Å². The van der Waals surface area contributed by atoms with Crippen molar-refractivity contribution in [2.45, 2.75) is 25.8 Å². The number of hydrogen-bond donors (Lipinski definition) is 1. The molecule has 6 nitrogen and oxygen atoms in total. The van der Waals surface area contributed by atoms with E-state index in [1.807, 2.05) is 13.0 Å². The molecule has 1 aliphatic rings. The zero-order valence-electron chi connectivity index (χ0n) is 19.1. The van der Waals surface area contributed by atoms with Crippen LogP contribution < -0.4 is 5.32 Å². The van der Waals surface area contributed by atoms with Gasteiger partial charge in [0.25, 0.3) is 5.91 Å². The van der Waals surface area contributed by atoms with Crippen LogP contribution in [-0.4, -0.2) is 52.9 Å². The van der Waals surface area contributed by atoms with Crippen molar-refractivity contribution in [3.63, 3.8) is 0 Å². The van der Waals surface area contributed by atoms with E-state index >= 15 is 0 Å². The minimum Gasteiger partial charge on any atom is -0.338 e. The van der Waals surface area contributed by atoms with Crippen LogP contribution in [0.3, 0.4) is 0 Å². The number of pyridine rings is 1. The highest BCUT2D eigenvalue weighted by atomic mass is 19.1. The summed E-state index contributed by atoms with van der Waals surface area (Å²) in [5, 5.41) is 2.86. The molecule has 1 fully saturated rings. The summed E-state index contributed by atoms with van der Waals surface area (Å²) >= 11 is 0. The van der Waals surface area contributed by atoms with Gasteiger partial charge in [-0.15, -0.1) is 0 Å². The van der Waals surface area contributed by atoms with Crippen molar-refractivity contribution in [2.75, 3.05) is 25.5 Å². The number of nitrogens with zero attached hydrogens (tertiary/aromatic N) is 3. The minimum atomic E-state index is -0.641. The lowest BCUT2D eigenvalue weighted by molar-refractivity contribution is 0.0670. The van der Waals surface area contributed by atoms with Crippen molar-refractivity contribution in [1.29, 1.82) is 0 Å². The molecule has 0 aliphatic carbocycles. The number of hydrogen-bond acceptors (Lipinski definition) is 3. The molecule has 8 heteroatoms. The Kier molecular flexibility index (Phi) is 6.86. The Labute approximate surface area is 197 Å². The van der Waals surface area contributed by atoms with Crippen LogP contribution in [0.4, 0.5) is 19.3 Å². The number of urea groups is 1. The van der Waals surface area contributed by atoms with E-state index in [1.54, 1.807) is 53.5 Å². The zero-order chi connectivity index (χ0) is 24.2. The number of carbonyl (C=O) groups is 2. The predicted octanol–water partition coefficient (Wildman–Crippen LogP) is 5.10. The van der Waals surface area contributed by atoms with Gasteiger partial charge in [0.2, 0.25) is 0 Å². The van der Waals surface area contributed by atoms with Crippen LogP contribution >= 0.6 is 0 Å². The fourth-order valence-corrected chi connectivity index (χ4v) is 4.15. The van der Waals surface area contributed by atoms with Crippen LogP contribution in [-0.2, 0) is 0 Å². The third kappa shape index (κ3) is 5.39. The molecule has 3 amide bonds. The van der Waals surface area contributed by atoms with E-state index in [-0.39, 0.29) is 18.0 Å². The standard InChI is InChI=1S/C26H26F2N4O2/c1-17-11-20(16-29-15-17)25(33)32-9-7-24(8-10-32)31(2)26(34)30-23-5-3-18(4-6-23)19-12-21(27)14-22(28)13-19/h3-6,11-16,24H,7-10H2,1-2H3,(H,30,34). The molecule has 0 spiro atoms. The van der Waals surface area contributed by atoms with E-state index in [0.717, 1.165) is 11.6 Å². The van der Waals surface area contributed by atoms with E-state index < -0.39 is 11.6 Å². The molecule has 1 N–H and O–H groups in total. The number of halogens is 2. The van der Waals surface area contributed by atoms with Gasteiger partial charge in [-0.25, -0.2) is 13.6 Å². The quantitative estimate of drug-likeness (QED) is 0.584. The van der Waals surface area contributed by atoms with Gasteiger partial charge in [-0.05, 0) is 66.8 Å². The second-order valence-corrected chi connectivity index (χ2v) is 8.55.